The average molecular weight is 547 g/mol. The van der Waals surface area contributed by atoms with E-state index in [1.165, 1.54) is 18.2 Å². The molecule has 0 saturated carbocycles. The Bertz CT molecular complexity index is 1260. The zero-order chi connectivity index (χ0) is 23.5. The first-order chi connectivity index (χ1) is 15.8. The molecule has 0 radical (unpaired) electrons. The molecule has 4 rings (SSSR count). The summed E-state index contributed by atoms with van der Waals surface area (Å²) in [6, 6.07) is 17.4. The van der Waals surface area contributed by atoms with Gasteiger partial charge in [0.25, 0.3) is 11.1 Å². The van der Waals surface area contributed by atoms with Crippen molar-refractivity contribution >= 4 is 62.5 Å². The van der Waals surface area contributed by atoms with Crippen LogP contribution in [0, 0.1) is 5.82 Å². The van der Waals surface area contributed by atoms with Crippen molar-refractivity contribution in [2.75, 3.05) is 0 Å². The Balaban J connectivity index is 1.45. The van der Waals surface area contributed by atoms with Crippen LogP contribution < -0.4 is 4.74 Å². The predicted molar refractivity (Wildman–Crippen MR) is 128 cm³/mol. The molecule has 3 aromatic carbocycles. The van der Waals surface area contributed by atoms with E-state index in [-0.39, 0.29) is 22.0 Å². The molecule has 166 valence electrons. The van der Waals surface area contributed by atoms with Crippen molar-refractivity contribution in [1.29, 1.82) is 0 Å². The summed E-state index contributed by atoms with van der Waals surface area (Å²) in [4.78, 5) is 38.4. The first-order valence-corrected chi connectivity index (χ1v) is 11.6. The molecule has 0 N–H and O–H groups in total. The van der Waals surface area contributed by atoms with Gasteiger partial charge in [-0.2, -0.15) is 0 Å². The van der Waals surface area contributed by atoms with E-state index in [1.807, 2.05) is 0 Å². The van der Waals surface area contributed by atoms with E-state index in [4.69, 9.17) is 16.3 Å². The van der Waals surface area contributed by atoms with Crippen LogP contribution in [-0.2, 0) is 11.3 Å². The van der Waals surface area contributed by atoms with Crippen LogP contribution in [0.5, 0.6) is 5.75 Å². The van der Waals surface area contributed by atoms with E-state index in [0.29, 0.717) is 16.9 Å². The Kier molecular flexibility index (Phi) is 6.97. The van der Waals surface area contributed by atoms with Crippen LogP contribution in [0.2, 0.25) is 5.02 Å². The second-order valence-electron chi connectivity index (χ2n) is 6.93. The zero-order valence-corrected chi connectivity index (χ0v) is 19.9. The number of hydrogen-bond acceptors (Lipinski definition) is 5. The molecule has 1 aliphatic rings. The van der Waals surface area contributed by atoms with E-state index in [0.717, 1.165) is 21.1 Å². The molecule has 0 bridgehead atoms. The monoisotopic (exact) mass is 545 g/mol. The van der Waals surface area contributed by atoms with E-state index in [2.05, 4.69) is 15.9 Å². The first kappa shape index (κ1) is 23.2. The van der Waals surface area contributed by atoms with E-state index in [9.17, 15) is 18.8 Å². The number of amides is 2. The molecular formula is C24H14BrClFNO4S. The molecule has 0 atom stereocenters. The topological polar surface area (TPSA) is 63.7 Å². The van der Waals surface area contributed by atoms with E-state index in [1.54, 1.807) is 54.6 Å². The van der Waals surface area contributed by atoms with Crippen molar-refractivity contribution < 1.29 is 23.5 Å². The molecule has 2 amide bonds. The maximum atomic E-state index is 14.1. The molecule has 9 heteroatoms. The van der Waals surface area contributed by atoms with Gasteiger partial charge in [0.05, 0.1) is 17.0 Å². The Morgan fingerprint density at radius 2 is 1.76 bits per heavy atom. The minimum absolute atomic E-state index is 0.0830. The van der Waals surface area contributed by atoms with E-state index >= 15 is 0 Å². The summed E-state index contributed by atoms with van der Waals surface area (Å²) >= 11 is 10.1. The minimum Gasteiger partial charge on any atom is -0.423 e. The average Bonchev–Trinajstić information content (AvgIpc) is 3.05. The number of thioether (sulfide) groups is 1. The largest absolute Gasteiger partial charge is 0.423 e. The molecule has 1 aliphatic heterocycles. The Morgan fingerprint density at radius 3 is 2.42 bits per heavy atom. The molecule has 1 fully saturated rings. The van der Waals surface area contributed by atoms with Gasteiger partial charge in [-0.1, -0.05) is 45.7 Å². The summed E-state index contributed by atoms with van der Waals surface area (Å²) in [6.07, 6.45) is 1.55. The summed E-state index contributed by atoms with van der Waals surface area (Å²) in [7, 11) is 0. The van der Waals surface area contributed by atoms with Crippen molar-refractivity contribution in [3.05, 3.63) is 104 Å². The van der Waals surface area contributed by atoms with Gasteiger partial charge in [-0.15, -0.1) is 0 Å². The van der Waals surface area contributed by atoms with Gasteiger partial charge in [-0.3, -0.25) is 14.5 Å². The van der Waals surface area contributed by atoms with Gasteiger partial charge >= 0.3 is 5.97 Å². The number of esters is 1. The summed E-state index contributed by atoms with van der Waals surface area (Å²) in [5.41, 5.74) is 1.12. The lowest BCUT2D eigenvalue weighted by atomic mass is 10.2. The molecule has 1 heterocycles. The Labute approximate surface area is 206 Å². The summed E-state index contributed by atoms with van der Waals surface area (Å²) in [6.45, 7) is -0.252. The number of benzene rings is 3. The highest BCUT2D eigenvalue weighted by Crippen LogP contribution is 2.34. The number of halogens is 3. The maximum Gasteiger partial charge on any atom is 0.343 e. The zero-order valence-electron chi connectivity index (χ0n) is 16.8. The fraction of sp³-hybridized carbons (Fsp3) is 0.0417. The summed E-state index contributed by atoms with van der Waals surface area (Å²) < 4.78 is 20.3. The fourth-order valence-corrected chi connectivity index (χ4v) is 4.34. The molecule has 5 nitrogen and oxygen atoms in total. The highest BCUT2D eigenvalue weighted by molar-refractivity contribution is 9.10. The van der Waals surface area contributed by atoms with Crippen LogP contribution in [0.15, 0.2) is 76.1 Å². The second-order valence-corrected chi connectivity index (χ2v) is 9.25. The molecule has 0 spiro atoms. The van der Waals surface area contributed by atoms with Crippen LogP contribution in [0.1, 0.15) is 21.5 Å². The second kappa shape index (κ2) is 9.91. The van der Waals surface area contributed by atoms with Crippen molar-refractivity contribution in [3.63, 3.8) is 0 Å². The summed E-state index contributed by atoms with van der Waals surface area (Å²) in [5.74, 6) is -1.28. The lowest BCUT2D eigenvalue weighted by molar-refractivity contribution is -0.123. The first-order valence-electron chi connectivity index (χ1n) is 9.58. The van der Waals surface area contributed by atoms with Crippen LogP contribution >= 0.6 is 39.3 Å². The lowest BCUT2D eigenvalue weighted by Crippen LogP contribution is -2.28. The molecule has 3 aromatic rings. The van der Waals surface area contributed by atoms with Crippen LogP contribution in [-0.4, -0.2) is 22.0 Å². The number of rotatable bonds is 5. The number of carbonyl (C=O) groups is 3. The Hall–Kier alpha value is -2.94. The minimum atomic E-state index is -0.584. The number of imide groups is 1. The fourth-order valence-electron chi connectivity index (χ4n) is 3.01. The molecule has 33 heavy (non-hydrogen) atoms. The third kappa shape index (κ3) is 5.35. The van der Waals surface area contributed by atoms with E-state index < -0.39 is 22.9 Å². The van der Waals surface area contributed by atoms with Crippen molar-refractivity contribution in [2.24, 2.45) is 0 Å². The van der Waals surface area contributed by atoms with Gasteiger partial charge in [-0.05, 0) is 71.9 Å². The Morgan fingerprint density at radius 1 is 1.06 bits per heavy atom. The molecule has 1 saturated heterocycles. The smallest absolute Gasteiger partial charge is 0.343 e. The third-order valence-corrected chi connectivity index (χ3v) is 6.51. The van der Waals surface area contributed by atoms with Gasteiger partial charge in [0.1, 0.15) is 11.6 Å². The number of ether oxygens (including phenoxy) is 1. The van der Waals surface area contributed by atoms with Crippen LogP contribution in [0.4, 0.5) is 9.18 Å². The van der Waals surface area contributed by atoms with Crippen LogP contribution in [0.25, 0.3) is 6.08 Å². The highest BCUT2D eigenvalue weighted by Gasteiger charge is 2.35. The molecule has 0 aliphatic carbocycles. The van der Waals surface area contributed by atoms with Crippen LogP contribution in [0.3, 0.4) is 0 Å². The van der Waals surface area contributed by atoms with Crippen molar-refractivity contribution in [2.45, 2.75) is 6.54 Å². The molecule has 0 aromatic heterocycles. The van der Waals surface area contributed by atoms with Crippen molar-refractivity contribution in [1.82, 2.24) is 4.90 Å². The predicted octanol–water partition coefficient (Wildman–Crippen LogP) is 6.70. The SMILES string of the molecule is O=C(Oc1ccc(/C=C2\SC(=O)N(Cc3c(F)cccc3Cl)C2=O)cc1)c1ccc(Br)cc1. The van der Waals surface area contributed by atoms with Gasteiger partial charge in [0.15, 0.2) is 0 Å². The lowest BCUT2D eigenvalue weighted by Gasteiger charge is -2.14. The van der Waals surface area contributed by atoms with Gasteiger partial charge in [0, 0.05) is 15.1 Å². The van der Waals surface area contributed by atoms with Gasteiger partial charge in [0.2, 0.25) is 0 Å². The standard InChI is InChI=1S/C24H14BrClFNO4S/c25-16-8-6-15(7-9-16)23(30)32-17-10-4-14(5-11-17)12-21-22(29)28(24(31)33-21)13-18-19(26)2-1-3-20(18)27/h1-12H,13H2/b21-12-. The van der Waals surface area contributed by atoms with Crippen molar-refractivity contribution in [3.8, 4) is 5.75 Å². The quantitative estimate of drug-likeness (QED) is 0.202. The maximum absolute atomic E-state index is 14.1. The molecule has 0 unspecified atom stereocenters. The number of hydrogen-bond donors (Lipinski definition) is 0. The normalized spacial score (nSPS) is 14.8. The van der Waals surface area contributed by atoms with Gasteiger partial charge < -0.3 is 4.74 Å². The van der Waals surface area contributed by atoms with Gasteiger partial charge in [-0.25, -0.2) is 9.18 Å². The highest BCUT2D eigenvalue weighted by atomic mass is 79.9. The molecular weight excluding hydrogens is 533 g/mol. The number of carbonyl (C=O) groups excluding carboxylic acids is 3. The number of nitrogens with zero attached hydrogens (tertiary/aromatic N) is 1. The summed E-state index contributed by atoms with van der Waals surface area (Å²) in [5, 5.41) is -0.364. The third-order valence-electron chi connectivity index (χ3n) is 4.72.